The van der Waals surface area contributed by atoms with Gasteiger partial charge in [-0.2, -0.15) is 16.8 Å². The first kappa shape index (κ1) is 18.1. The molecule has 134 valence electrons. The first-order valence-electron chi connectivity index (χ1n) is 7.83. The van der Waals surface area contributed by atoms with Gasteiger partial charge in [0.2, 0.25) is 0 Å². The monoisotopic (exact) mass is 382 g/mol. The summed E-state index contributed by atoms with van der Waals surface area (Å²) in [5, 5.41) is 0. The predicted molar refractivity (Wildman–Crippen MR) is 90.9 cm³/mol. The summed E-state index contributed by atoms with van der Waals surface area (Å²) < 4.78 is 59.3. The molecule has 25 heavy (non-hydrogen) atoms. The van der Waals surface area contributed by atoms with Crippen molar-refractivity contribution in [3.8, 4) is 0 Å². The molecule has 0 aliphatic heterocycles. The van der Waals surface area contributed by atoms with Crippen molar-refractivity contribution >= 4 is 20.2 Å². The molecular weight excluding hydrogens is 364 g/mol. The summed E-state index contributed by atoms with van der Waals surface area (Å²) in [5.74, 6) is 0. The quantitative estimate of drug-likeness (QED) is 0.714. The van der Waals surface area contributed by atoms with Crippen molar-refractivity contribution in [3.05, 3.63) is 60.7 Å². The van der Waals surface area contributed by atoms with Crippen LogP contribution in [0.4, 0.5) is 0 Å². The highest BCUT2D eigenvalue weighted by Crippen LogP contribution is 2.30. The second-order valence-corrected chi connectivity index (χ2v) is 8.93. The van der Waals surface area contributed by atoms with Gasteiger partial charge in [-0.3, -0.25) is 8.37 Å². The number of benzene rings is 2. The van der Waals surface area contributed by atoms with Gasteiger partial charge in [-0.15, -0.1) is 0 Å². The molecule has 2 atom stereocenters. The molecule has 8 heteroatoms. The predicted octanol–water partition coefficient (Wildman–Crippen LogP) is 2.72. The molecule has 1 fully saturated rings. The van der Waals surface area contributed by atoms with E-state index in [2.05, 4.69) is 0 Å². The van der Waals surface area contributed by atoms with Crippen molar-refractivity contribution in [2.24, 2.45) is 0 Å². The van der Waals surface area contributed by atoms with Gasteiger partial charge in [0, 0.05) is 6.42 Å². The summed E-state index contributed by atoms with van der Waals surface area (Å²) in [6, 6.07) is 15.7. The highest BCUT2D eigenvalue weighted by Gasteiger charge is 2.33. The van der Waals surface area contributed by atoms with Crippen molar-refractivity contribution in [2.75, 3.05) is 0 Å². The van der Waals surface area contributed by atoms with Gasteiger partial charge in [0.05, 0.1) is 22.0 Å². The van der Waals surface area contributed by atoms with E-state index in [1.165, 1.54) is 24.3 Å². The molecule has 0 heterocycles. The Morgan fingerprint density at radius 2 is 1.00 bits per heavy atom. The van der Waals surface area contributed by atoms with E-state index in [4.69, 9.17) is 8.37 Å². The molecule has 3 rings (SSSR count). The summed E-state index contributed by atoms with van der Waals surface area (Å²) in [6.07, 6.45) is -0.150. The standard InChI is InChI=1S/C17H18O6S2/c18-24(19,16-7-3-1-4-8-16)22-14-11-12-15(13-14)23-25(20,21)17-9-5-2-6-10-17/h1-10,14-15H,11-13H2. The average molecular weight is 382 g/mol. The average Bonchev–Trinajstić information content (AvgIpc) is 3.02. The maximum atomic E-state index is 12.2. The number of hydrogen-bond acceptors (Lipinski definition) is 6. The van der Waals surface area contributed by atoms with Crippen LogP contribution in [0.25, 0.3) is 0 Å². The fourth-order valence-electron chi connectivity index (χ4n) is 2.72. The van der Waals surface area contributed by atoms with Crippen molar-refractivity contribution in [1.29, 1.82) is 0 Å². The zero-order chi connectivity index (χ0) is 17.9. The molecule has 0 radical (unpaired) electrons. The van der Waals surface area contributed by atoms with Gasteiger partial charge >= 0.3 is 0 Å². The van der Waals surface area contributed by atoms with Crippen molar-refractivity contribution in [1.82, 2.24) is 0 Å². The van der Waals surface area contributed by atoms with E-state index < -0.39 is 32.4 Å². The lowest BCUT2D eigenvalue weighted by Gasteiger charge is -2.13. The Labute approximate surface area is 147 Å². The molecule has 1 aliphatic rings. The SMILES string of the molecule is O=S(=O)(OC1CCC(OS(=O)(=O)c2ccccc2)C1)c1ccccc1. The molecule has 0 amide bonds. The third-order valence-electron chi connectivity index (χ3n) is 3.93. The molecule has 0 aromatic heterocycles. The van der Waals surface area contributed by atoms with E-state index in [1.54, 1.807) is 36.4 Å². The van der Waals surface area contributed by atoms with Crippen LogP contribution in [-0.2, 0) is 28.6 Å². The molecule has 6 nitrogen and oxygen atoms in total. The first-order chi connectivity index (χ1) is 11.9. The summed E-state index contributed by atoms with van der Waals surface area (Å²) in [4.78, 5) is 0.160. The van der Waals surface area contributed by atoms with E-state index in [1.807, 2.05) is 0 Å². The van der Waals surface area contributed by atoms with E-state index in [9.17, 15) is 16.8 Å². The third kappa shape index (κ3) is 4.46. The minimum Gasteiger partial charge on any atom is -0.263 e. The molecular formula is C17H18O6S2. The minimum absolute atomic E-state index is 0.0799. The topological polar surface area (TPSA) is 86.7 Å². The second-order valence-electron chi connectivity index (χ2n) is 5.78. The van der Waals surface area contributed by atoms with Crippen LogP contribution in [0, 0.1) is 0 Å². The van der Waals surface area contributed by atoms with E-state index >= 15 is 0 Å². The Kier molecular flexibility index (Phi) is 5.24. The van der Waals surface area contributed by atoms with Crippen molar-refractivity contribution < 1.29 is 25.2 Å². The van der Waals surface area contributed by atoms with E-state index in [0.717, 1.165) is 0 Å². The molecule has 0 N–H and O–H groups in total. The van der Waals surface area contributed by atoms with Gasteiger partial charge < -0.3 is 0 Å². The molecule has 1 aliphatic carbocycles. The van der Waals surface area contributed by atoms with Crippen LogP contribution in [0.3, 0.4) is 0 Å². The molecule has 0 spiro atoms. The highest BCUT2D eigenvalue weighted by atomic mass is 32.2. The lowest BCUT2D eigenvalue weighted by Crippen LogP contribution is -2.19. The Balaban J connectivity index is 1.63. The fraction of sp³-hybridized carbons (Fsp3) is 0.294. The lowest BCUT2D eigenvalue weighted by molar-refractivity contribution is 0.175. The molecule has 2 unspecified atom stereocenters. The molecule has 2 aromatic carbocycles. The molecule has 0 bridgehead atoms. The van der Waals surface area contributed by atoms with E-state index in [0.29, 0.717) is 12.8 Å². The molecule has 0 saturated heterocycles. The molecule has 1 saturated carbocycles. The Morgan fingerprint density at radius 3 is 1.36 bits per heavy atom. The van der Waals surface area contributed by atoms with E-state index in [-0.39, 0.29) is 16.2 Å². The largest absolute Gasteiger partial charge is 0.297 e. The molecule has 2 aromatic rings. The van der Waals surface area contributed by atoms with Crippen LogP contribution in [0.5, 0.6) is 0 Å². The summed E-state index contributed by atoms with van der Waals surface area (Å²) in [7, 11) is -7.74. The Morgan fingerprint density at radius 1 is 0.640 bits per heavy atom. The summed E-state index contributed by atoms with van der Waals surface area (Å²) in [6.45, 7) is 0. The van der Waals surface area contributed by atoms with Gasteiger partial charge in [0.15, 0.2) is 0 Å². The van der Waals surface area contributed by atoms with Gasteiger partial charge in [-0.05, 0) is 37.1 Å². The normalized spacial score (nSPS) is 21.3. The third-order valence-corrected chi connectivity index (χ3v) is 6.68. The smallest absolute Gasteiger partial charge is 0.263 e. The van der Waals surface area contributed by atoms with Crippen LogP contribution in [0.2, 0.25) is 0 Å². The van der Waals surface area contributed by atoms with Crippen LogP contribution >= 0.6 is 0 Å². The minimum atomic E-state index is -3.87. The maximum absolute atomic E-state index is 12.2. The summed E-state index contributed by atoms with van der Waals surface area (Å²) >= 11 is 0. The Hall–Kier alpha value is -1.74. The van der Waals surface area contributed by atoms with Crippen molar-refractivity contribution in [2.45, 2.75) is 41.3 Å². The van der Waals surface area contributed by atoms with Gasteiger partial charge in [0.25, 0.3) is 20.2 Å². The number of hydrogen-bond donors (Lipinski definition) is 0. The maximum Gasteiger partial charge on any atom is 0.297 e. The highest BCUT2D eigenvalue weighted by molar-refractivity contribution is 7.87. The van der Waals surface area contributed by atoms with Gasteiger partial charge in [-0.25, -0.2) is 0 Å². The number of rotatable bonds is 6. The Bertz CT molecular complexity index is 831. The van der Waals surface area contributed by atoms with Crippen LogP contribution in [0.15, 0.2) is 70.5 Å². The van der Waals surface area contributed by atoms with Crippen LogP contribution in [-0.4, -0.2) is 29.0 Å². The zero-order valence-electron chi connectivity index (χ0n) is 13.3. The second kappa shape index (κ2) is 7.25. The van der Waals surface area contributed by atoms with Crippen LogP contribution in [0.1, 0.15) is 19.3 Å². The summed E-state index contributed by atoms with van der Waals surface area (Å²) in [5.41, 5.74) is 0. The first-order valence-corrected chi connectivity index (χ1v) is 10.7. The van der Waals surface area contributed by atoms with Crippen molar-refractivity contribution in [3.63, 3.8) is 0 Å². The fourth-order valence-corrected chi connectivity index (χ4v) is 4.99. The van der Waals surface area contributed by atoms with Crippen LogP contribution < -0.4 is 0 Å². The van der Waals surface area contributed by atoms with Gasteiger partial charge in [0.1, 0.15) is 0 Å². The van der Waals surface area contributed by atoms with Gasteiger partial charge in [-0.1, -0.05) is 36.4 Å². The zero-order valence-corrected chi connectivity index (χ0v) is 14.9. The lowest BCUT2D eigenvalue weighted by atomic mass is 10.3.